The summed E-state index contributed by atoms with van der Waals surface area (Å²) in [6.07, 6.45) is -0.552. The Kier molecular flexibility index (Phi) is 5.63. The number of nitrogens with one attached hydrogen (secondary N) is 1. The molecule has 0 unspecified atom stereocenters. The smallest absolute Gasteiger partial charge is 0.326 e. The van der Waals surface area contributed by atoms with Crippen molar-refractivity contribution in [3.05, 3.63) is 34.1 Å². The van der Waals surface area contributed by atoms with Crippen LogP contribution in [0.15, 0.2) is 22.7 Å². The molecule has 0 aliphatic rings. The number of methoxy groups -OCH3 is 1. The normalized spacial score (nSPS) is 11.6. The van der Waals surface area contributed by atoms with E-state index in [1.54, 1.807) is 0 Å². The van der Waals surface area contributed by atoms with Gasteiger partial charge < -0.3 is 15.2 Å². The number of rotatable bonds is 5. The van der Waals surface area contributed by atoms with Crippen LogP contribution in [-0.4, -0.2) is 36.1 Å². The number of carboxylic acids is 1. The van der Waals surface area contributed by atoms with E-state index in [-0.39, 0.29) is 10.0 Å². The van der Waals surface area contributed by atoms with Gasteiger partial charge in [-0.3, -0.25) is 9.59 Å². The van der Waals surface area contributed by atoms with Crippen molar-refractivity contribution in [3.63, 3.8) is 0 Å². The Morgan fingerprint density at radius 1 is 1.45 bits per heavy atom. The molecule has 8 heteroatoms. The van der Waals surface area contributed by atoms with Crippen LogP contribution in [0, 0.1) is 5.82 Å². The highest BCUT2D eigenvalue weighted by atomic mass is 79.9. The van der Waals surface area contributed by atoms with Crippen molar-refractivity contribution >= 4 is 33.8 Å². The molecule has 6 nitrogen and oxygen atoms in total. The third-order valence-electron chi connectivity index (χ3n) is 2.39. The summed E-state index contributed by atoms with van der Waals surface area (Å²) in [6, 6.07) is 2.39. The second kappa shape index (κ2) is 6.99. The summed E-state index contributed by atoms with van der Waals surface area (Å²) in [5.41, 5.74) is -0.330. The van der Waals surface area contributed by atoms with Gasteiger partial charge in [-0.25, -0.2) is 9.18 Å². The third kappa shape index (κ3) is 4.02. The molecule has 1 amide bonds. The van der Waals surface area contributed by atoms with Gasteiger partial charge >= 0.3 is 11.9 Å². The van der Waals surface area contributed by atoms with Crippen molar-refractivity contribution in [3.8, 4) is 0 Å². The predicted octanol–water partition coefficient (Wildman–Crippen LogP) is 1.33. The molecule has 0 aromatic heterocycles. The topological polar surface area (TPSA) is 92.7 Å². The van der Waals surface area contributed by atoms with Crippen molar-refractivity contribution in [1.82, 2.24) is 5.32 Å². The standard InChI is InChI=1S/C12H11BrFNO5/c1-20-9(16)5-8(12(18)19)15-11(17)10-6(13)3-2-4-7(10)14/h2-4,8H,5H2,1H3,(H,15,17)(H,18,19)/t8-/m0/s1. The zero-order valence-corrected chi connectivity index (χ0v) is 11.9. The molecule has 1 aromatic rings. The molecule has 0 saturated carbocycles. The van der Waals surface area contributed by atoms with E-state index in [9.17, 15) is 18.8 Å². The van der Waals surface area contributed by atoms with Gasteiger partial charge in [0.05, 0.1) is 19.1 Å². The molecular formula is C12H11BrFNO5. The molecule has 0 saturated heterocycles. The first-order valence-electron chi connectivity index (χ1n) is 5.41. The Labute approximate surface area is 122 Å². The van der Waals surface area contributed by atoms with E-state index >= 15 is 0 Å². The maximum Gasteiger partial charge on any atom is 0.326 e. The fourth-order valence-electron chi connectivity index (χ4n) is 1.40. The highest BCUT2D eigenvalue weighted by Crippen LogP contribution is 2.19. The lowest BCUT2D eigenvalue weighted by Gasteiger charge is -2.14. The predicted molar refractivity (Wildman–Crippen MR) is 69.6 cm³/mol. The Bertz CT molecular complexity index is 528. The van der Waals surface area contributed by atoms with Gasteiger partial charge in [-0.2, -0.15) is 0 Å². The van der Waals surface area contributed by atoms with Gasteiger partial charge in [-0.1, -0.05) is 6.07 Å². The van der Waals surface area contributed by atoms with Crippen molar-refractivity contribution < 1.29 is 28.6 Å². The van der Waals surface area contributed by atoms with Crippen LogP contribution in [0.3, 0.4) is 0 Å². The van der Waals surface area contributed by atoms with Crippen molar-refractivity contribution in [1.29, 1.82) is 0 Å². The molecule has 0 aliphatic heterocycles. The maximum atomic E-state index is 13.6. The second-order valence-corrected chi connectivity index (χ2v) is 4.60. The van der Waals surface area contributed by atoms with Gasteiger partial charge in [0.1, 0.15) is 11.9 Å². The fourth-order valence-corrected chi connectivity index (χ4v) is 1.92. The van der Waals surface area contributed by atoms with Crippen LogP contribution in [0.25, 0.3) is 0 Å². The highest BCUT2D eigenvalue weighted by Gasteiger charge is 2.26. The number of carboxylic acid groups (broad SMARTS) is 1. The van der Waals surface area contributed by atoms with Gasteiger partial charge in [-0.15, -0.1) is 0 Å². The third-order valence-corrected chi connectivity index (χ3v) is 3.05. The zero-order chi connectivity index (χ0) is 15.3. The lowest BCUT2D eigenvalue weighted by atomic mass is 10.1. The zero-order valence-electron chi connectivity index (χ0n) is 10.4. The Balaban J connectivity index is 2.91. The molecule has 108 valence electrons. The van der Waals surface area contributed by atoms with Crippen molar-refractivity contribution in [2.24, 2.45) is 0 Å². The summed E-state index contributed by atoms with van der Waals surface area (Å²) in [6.45, 7) is 0. The van der Waals surface area contributed by atoms with E-state index in [0.29, 0.717) is 0 Å². The summed E-state index contributed by atoms with van der Waals surface area (Å²) < 4.78 is 18.1. The highest BCUT2D eigenvalue weighted by molar-refractivity contribution is 9.10. The SMILES string of the molecule is COC(=O)C[C@H](NC(=O)c1c(F)cccc1Br)C(=O)O. The number of halogens is 2. The minimum atomic E-state index is -1.50. The molecular weight excluding hydrogens is 337 g/mol. The monoisotopic (exact) mass is 347 g/mol. The summed E-state index contributed by atoms with van der Waals surface area (Å²) in [4.78, 5) is 33.9. The van der Waals surface area contributed by atoms with Crippen LogP contribution >= 0.6 is 15.9 Å². The average molecular weight is 348 g/mol. The van der Waals surface area contributed by atoms with Crippen molar-refractivity contribution in [2.75, 3.05) is 7.11 Å². The van der Waals surface area contributed by atoms with Crippen LogP contribution < -0.4 is 5.32 Å². The Hall–Kier alpha value is -1.96. The average Bonchev–Trinajstić information content (AvgIpc) is 2.37. The largest absolute Gasteiger partial charge is 0.480 e. The number of hydrogen-bond donors (Lipinski definition) is 2. The van der Waals surface area contributed by atoms with Gasteiger partial charge in [0.15, 0.2) is 0 Å². The van der Waals surface area contributed by atoms with Crippen LogP contribution in [0.5, 0.6) is 0 Å². The summed E-state index contributed by atoms with van der Waals surface area (Å²) >= 11 is 3.00. The lowest BCUT2D eigenvalue weighted by Crippen LogP contribution is -2.42. The van der Waals surface area contributed by atoms with Crippen LogP contribution in [-0.2, 0) is 14.3 Å². The van der Waals surface area contributed by atoms with Gasteiger partial charge in [0.25, 0.3) is 5.91 Å². The van der Waals surface area contributed by atoms with Gasteiger partial charge in [0, 0.05) is 4.47 Å². The molecule has 2 N–H and O–H groups in total. The molecule has 0 spiro atoms. The van der Waals surface area contributed by atoms with Gasteiger partial charge in [0.2, 0.25) is 0 Å². The first-order valence-corrected chi connectivity index (χ1v) is 6.20. The lowest BCUT2D eigenvalue weighted by molar-refractivity contribution is -0.147. The van der Waals surface area contributed by atoms with E-state index in [1.807, 2.05) is 0 Å². The van der Waals surface area contributed by atoms with Gasteiger partial charge in [-0.05, 0) is 28.1 Å². The Morgan fingerprint density at radius 2 is 2.10 bits per heavy atom. The maximum absolute atomic E-state index is 13.6. The summed E-state index contributed by atoms with van der Waals surface area (Å²) in [5.74, 6) is -3.97. The van der Waals surface area contributed by atoms with Crippen LogP contribution in [0.4, 0.5) is 4.39 Å². The Morgan fingerprint density at radius 3 is 2.60 bits per heavy atom. The first kappa shape index (κ1) is 16.1. The number of carbonyl (C=O) groups excluding carboxylic acids is 2. The minimum Gasteiger partial charge on any atom is -0.480 e. The fraction of sp³-hybridized carbons (Fsp3) is 0.250. The van der Waals surface area contributed by atoms with E-state index in [0.717, 1.165) is 13.2 Å². The van der Waals surface area contributed by atoms with E-state index < -0.39 is 36.1 Å². The molecule has 0 bridgehead atoms. The number of aliphatic carboxylic acids is 1. The number of ether oxygens (including phenoxy) is 1. The molecule has 0 heterocycles. The summed E-state index contributed by atoms with van der Waals surface area (Å²) in [5, 5.41) is 11.0. The molecule has 0 aliphatic carbocycles. The number of benzene rings is 1. The molecule has 20 heavy (non-hydrogen) atoms. The van der Waals surface area contributed by atoms with E-state index in [2.05, 4.69) is 26.0 Å². The summed E-state index contributed by atoms with van der Waals surface area (Å²) in [7, 11) is 1.09. The number of esters is 1. The first-order chi connectivity index (χ1) is 9.36. The molecule has 0 radical (unpaired) electrons. The van der Waals surface area contributed by atoms with E-state index in [4.69, 9.17) is 5.11 Å². The molecule has 1 atom stereocenters. The quantitative estimate of drug-likeness (QED) is 0.784. The molecule has 0 fully saturated rings. The molecule has 1 rings (SSSR count). The van der Waals surface area contributed by atoms with Crippen LogP contribution in [0.1, 0.15) is 16.8 Å². The number of hydrogen-bond acceptors (Lipinski definition) is 4. The van der Waals surface area contributed by atoms with Crippen LogP contribution in [0.2, 0.25) is 0 Å². The van der Waals surface area contributed by atoms with E-state index in [1.165, 1.54) is 12.1 Å². The minimum absolute atomic E-state index is 0.178. The second-order valence-electron chi connectivity index (χ2n) is 3.74. The number of amides is 1. The number of carbonyl (C=O) groups is 3. The molecule has 1 aromatic carbocycles. The van der Waals surface area contributed by atoms with Crippen molar-refractivity contribution in [2.45, 2.75) is 12.5 Å².